The zero-order chi connectivity index (χ0) is 17.6. The maximum Gasteiger partial charge on any atom is 0.326 e. The van der Waals surface area contributed by atoms with Crippen LogP contribution in [0.3, 0.4) is 0 Å². The summed E-state index contributed by atoms with van der Waals surface area (Å²) in [6.07, 6.45) is 2.45. The molecule has 2 aromatic carbocycles. The third-order valence-corrected chi connectivity index (χ3v) is 4.18. The fraction of sp³-hybridized carbons (Fsp3) is 0.200. The summed E-state index contributed by atoms with van der Waals surface area (Å²) in [6, 6.07) is 18.3. The van der Waals surface area contributed by atoms with Crippen molar-refractivity contribution in [2.75, 3.05) is 0 Å². The third-order valence-electron chi connectivity index (χ3n) is 4.18. The Kier molecular flexibility index (Phi) is 5.14. The largest absolute Gasteiger partial charge is 0.480 e. The van der Waals surface area contributed by atoms with E-state index in [9.17, 15) is 14.7 Å². The number of aryl methyl sites for hydroxylation is 1. The van der Waals surface area contributed by atoms with Crippen molar-refractivity contribution in [3.8, 4) is 0 Å². The zero-order valence-electron chi connectivity index (χ0n) is 13.8. The number of para-hydroxylation sites is 1. The summed E-state index contributed by atoms with van der Waals surface area (Å²) < 4.78 is 2.00. The third kappa shape index (κ3) is 4.26. The van der Waals surface area contributed by atoms with Gasteiger partial charge in [-0.25, -0.2) is 4.79 Å². The topological polar surface area (TPSA) is 71.3 Å². The lowest BCUT2D eigenvalue weighted by Gasteiger charge is -2.15. The number of aliphatic carboxylic acids is 1. The quantitative estimate of drug-likeness (QED) is 0.697. The zero-order valence-corrected chi connectivity index (χ0v) is 13.8. The molecular formula is C20H20N2O3. The van der Waals surface area contributed by atoms with E-state index in [4.69, 9.17) is 0 Å². The average Bonchev–Trinajstić information content (AvgIpc) is 3.03. The van der Waals surface area contributed by atoms with Gasteiger partial charge in [-0.05, 0) is 23.1 Å². The number of hydrogen-bond acceptors (Lipinski definition) is 2. The van der Waals surface area contributed by atoms with Crippen LogP contribution in [0.15, 0.2) is 66.9 Å². The van der Waals surface area contributed by atoms with Crippen LogP contribution < -0.4 is 5.32 Å². The molecule has 0 bridgehead atoms. The van der Waals surface area contributed by atoms with E-state index < -0.39 is 12.0 Å². The highest BCUT2D eigenvalue weighted by Crippen LogP contribution is 2.15. The molecule has 1 aromatic heterocycles. The highest BCUT2D eigenvalue weighted by Gasteiger charge is 2.20. The maximum absolute atomic E-state index is 12.2. The fourth-order valence-electron chi connectivity index (χ4n) is 2.87. The van der Waals surface area contributed by atoms with Crippen LogP contribution in [0, 0.1) is 0 Å². The van der Waals surface area contributed by atoms with Gasteiger partial charge in [0.25, 0.3) is 0 Å². The number of carbonyl (C=O) groups is 2. The highest BCUT2D eigenvalue weighted by molar-refractivity contribution is 5.84. The van der Waals surface area contributed by atoms with Gasteiger partial charge in [0.1, 0.15) is 6.04 Å². The van der Waals surface area contributed by atoms with Crippen molar-refractivity contribution < 1.29 is 14.7 Å². The Hall–Kier alpha value is -3.08. The molecule has 0 unspecified atom stereocenters. The minimum Gasteiger partial charge on any atom is -0.480 e. The second kappa shape index (κ2) is 7.66. The molecule has 1 atom stereocenters. The molecule has 5 heteroatoms. The minimum absolute atomic E-state index is 0.233. The molecule has 1 heterocycles. The van der Waals surface area contributed by atoms with E-state index in [0.29, 0.717) is 6.54 Å². The first-order valence-corrected chi connectivity index (χ1v) is 8.23. The van der Waals surface area contributed by atoms with Crippen molar-refractivity contribution in [3.63, 3.8) is 0 Å². The number of amides is 1. The van der Waals surface area contributed by atoms with E-state index in [1.165, 1.54) is 0 Å². The predicted octanol–water partition coefficient (Wildman–Crippen LogP) is 2.84. The molecule has 0 aliphatic carbocycles. The second-order valence-corrected chi connectivity index (χ2v) is 5.97. The van der Waals surface area contributed by atoms with E-state index >= 15 is 0 Å². The van der Waals surface area contributed by atoms with Gasteiger partial charge in [0.15, 0.2) is 0 Å². The fourth-order valence-corrected chi connectivity index (χ4v) is 2.87. The predicted molar refractivity (Wildman–Crippen MR) is 96.3 cm³/mol. The smallest absolute Gasteiger partial charge is 0.326 e. The lowest BCUT2D eigenvalue weighted by Crippen LogP contribution is -2.42. The molecule has 2 N–H and O–H groups in total. The van der Waals surface area contributed by atoms with Crippen LogP contribution in [0.25, 0.3) is 10.9 Å². The van der Waals surface area contributed by atoms with E-state index in [0.717, 1.165) is 16.5 Å². The first-order chi connectivity index (χ1) is 12.1. The van der Waals surface area contributed by atoms with Crippen LogP contribution >= 0.6 is 0 Å². The van der Waals surface area contributed by atoms with Gasteiger partial charge in [-0.15, -0.1) is 0 Å². The Morgan fingerprint density at radius 1 is 1.00 bits per heavy atom. The SMILES string of the molecule is O=C(CCn1ccc2ccccc21)N[C@H](Cc1ccccc1)C(=O)O. The molecule has 3 rings (SSSR count). The number of carbonyl (C=O) groups excluding carboxylic acids is 1. The molecule has 0 fully saturated rings. The van der Waals surface area contributed by atoms with Crippen LogP contribution in [-0.4, -0.2) is 27.6 Å². The van der Waals surface area contributed by atoms with E-state index in [1.54, 1.807) is 0 Å². The monoisotopic (exact) mass is 336 g/mol. The molecule has 5 nitrogen and oxygen atoms in total. The van der Waals surface area contributed by atoms with Crippen LogP contribution in [0.1, 0.15) is 12.0 Å². The number of aromatic nitrogens is 1. The number of nitrogens with zero attached hydrogens (tertiary/aromatic N) is 1. The molecule has 0 saturated carbocycles. The molecule has 3 aromatic rings. The Labute approximate surface area is 145 Å². The number of rotatable bonds is 7. The Morgan fingerprint density at radius 2 is 1.72 bits per heavy atom. The van der Waals surface area contributed by atoms with E-state index in [1.807, 2.05) is 71.4 Å². The first kappa shape index (κ1) is 16.8. The summed E-state index contributed by atoms with van der Waals surface area (Å²) >= 11 is 0. The van der Waals surface area contributed by atoms with Crippen LogP contribution in [0.2, 0.25) is 0 Å². The van der Waals surface area contributed by atoms with Crippen molar-refractivity contribution in [3.05, 3.63) is 72.4 Å². The summed E-state index contributed by atoms with van der Waals surface area (Å²) in [5.74, 6) is -1.29. The minimum atomic E-state index is -1.02. The number of nitrogens with one attached hydrogen (secondary N) is 1. The molecule has 0 spiro atoms. The summed E-state index contributed by atoms with van der Waals surface area (Å²) in [6.45, 7) is 0.511. The van der Waals surface area contributed by atoms with Crippen LogP contribution in [-0.2, 0) is 22.6 Å². The first-order valence-electron chi connectivity index (χ1n) is 8.23. The average molecular weight is 336 g/mol. The van der Waals surface area contributed by atoms with Crippen LogP contribution in [0.5, 0.6) is 0 Å². The van der Waals surface area contributed by atoms with Gasteiger partial charge in [0, 0.05) is 31.1 Å². The van der Waals surface area contributed by atoms with Crippen molar-refractivity contribution in [1.82, 2.24) is 9.88 Å². The lowest BCUT2D eigenvalue weighted by atomic mass is 10.1. The standard InChI is InChI=1S/C20H20N2O3/c23-19(11-13-22-12-10-16-8-4-5-9-18(16)22)21-17(20(24)25)14-15-6-2-1-3-7-15/h1-10,12,17H,11,13-14H2,(H,21,23)(H,24,25)/t17-/m1/s1. The molecule has 25 heavy (non-hydrogen) atoms. The summed E-state index contributed by atoms with van der Waals surface area (Å²) in [4.78, 5) is 23.6. The molecule has 0 saturated heterocycles. The van der Waals surface area contributed by atoms with Gasteiger partial charge >= 0.3 is 5.97 Å². The molecule has 1 amide bonds. The normalized spacial score (nSPS) is 12.0. The molecule has 0 radical (unpaired) electrons. The highest BCUT2D eigenvalue weighted by atomic mass is 16.4. The van der Waals surface area contributed by atoms with Gasteiger partial charge in [0.2, 0.25) is 5.91 Å². The van der Waals surface area contributed by atoms with Crippen molar-refractivity contribution >= 4 is 22.8 Å². The molecule has 0 aliphatic rings. The number of benzene rings is 2. The maximum atomic E-state index is 12.2. The van der Waals surface area contributed by atoms with E-state index in [2.05, 4.69) is 5.32 Å². The van der Waals surface area contributed by atoms with Gasteiger partial charge in [-0.3, -0.25) is 4.79 Å². The number of carboxylic acids is 1. The number of hydrogen-bond donors (Lipinski definition) is 2. The second-order valence-electron chi connectivity index (χ2n) is 5.97. The Balaban J connectivity index is 1.59. The lowest BCUT2D eigenvalue weighted by molar-refractivity contribution is -0.141. The summed E-state index contributed by atoms with van der Waals surface area (Å²) in [5.41, 5.74) is 1.95. The molecule has 0 aliphatic heterocycles. The van der Waals surface area contributed by atoms with Gasteiger partial charge in [0.05, 0.1) is 0 Å². The van der Waals surface area contributed by atoms with Crippen LogP contribution in [0.4, 0.5) is 0 Å². The molecular weight excluding hydrogens is 316 g/mol. The number of carboxylic acid groups (broad SMARTS) is 1. The van der Waals surface area contributed by atoms with E-state index in [-0.39, 0.29) is 18.7 Å². The number of fused-ring (bicyclic) bond motifs is 1. The van der Waals surface area contributed by atoms with Gasteiger partial charge in [-0.2, -0.15) is 0 Å². The summed E-state index contributed by atoms with van der Waals surface area (Å²) in [7, 11) is 0. The van der Waals surface area contributed by atoms with Gasteiger partial charge in [-0.1, -0.05) is 48.5 Å². The van der Waals surface area contributed by atoms with Crippen molar-refractivity contribution in [1.29, 1.82) is 0 Å². The molecule has 128 valence electrons. The van der Waals surface area contributed by atoms with Crippen molar-refractivity contribution in [2.45, 2.75) is 25.4 Å². The van der Waals surface area contributed by atoms with Crippen molar-refractivity contribution in [2.24, 2.45) is 0 Å². The Bertz CT molecular complexity index is 871. The van der Waals surface area contributed by atoms with Gasteiger partial charge < -0.3 is 15.0 Å². The summed E-state index contributed by atoms with van der Waals surface area (Å²) in [5, 5.41) is 13.1. The Morgan fingerprint density at radius 3 is 2.48 bits per heavy atom.